The Morgan fingerprint density at radius 2 is 1.14 bits per heavy atom. The molecule has 0 unspecified atom stereocenters. The molecule has 0 amide bonds. The summed E-state index contributed by atoms with van der Waals surface area (Å²) in [7, 11) is 0. The predicted molar refractivity (Wildman–Crippen MR) is 140 cm³/mol. The first kappa shape index (κ1) is 26.6. The second kappa shape index (κ2) is 14.4. The van der Waals surface area contributed by atoms with E-state index in [4.69, 9.17) is 0 Å². The van der Waals surface area contributed by atoms with E-state index < -0.39 is 5.97 Å². The van der Waals surface area contributed by atoms with Gasteiger partial charge in [0.2, 0.25) is 0 Å². The molecule has 35 heavy (non-hydrogen) atoms. The number of carboxylic acids is 1. The van der Waals surface area contributed by atoms with Gasteiger partial charge in [0.25, 0.3) is 0 Å². The molecule has 0 aliphatic carbocycles. The van der Waals surface area contributed by atoms with Crippen molar-refractivity contribution in [2.45, 2.75) is 104 Å². The van der Waals surface area contributed by atoms with Crippen molar-refractivity contribution < 1.29 is 9.90 Å². The Morgan fingerprint density at radius 1 is 0.714 bits per heavy atom. The van der Waals surface area contributed by atoms with E-state index in [0.717, 1.165) is 36.8 Å². The summed E-state index contributed by atoms with van der Waals surface area (Å²) in [6, 6.07) is 3.13. The van der Waals surface area contributed by atoms with Crippen molar-refractivity contribution in [1.29, 1.82) is 0 Å². The average molecular weight is 480 g/mol. The highest BCUT2D eigenvalue weighted by molar-refractivity contribution is 5.88. The third kappa shape index (κ3) is 8.64. The summed E-state index contributed by atoms with van der Waals surface area (Å²) in [4.78, 5) is 16.5. The number of hydrogen-bond acceptors (Lipinski definition) is 4. The van der Waals surface area contributed by atoms with Crippen molar-refractivity contribution in [3.63, 3.8) is 0 Å². The number of carbonyl (C=O) groups is 1. The van der Waals surface area contributed by atoms with Gasteiger partial charge in [-0.1, -0.05) is 78.1 Å². The molecule has 0 aliphatic heterocycles. The normalized spacial score (nSPS) is 11.3. The zero-order valence-corrected chi connectivity index (χ0v) is 21.5. The minimum atomic E-state index is -0.992. The number of pyridine rings is 1. The Hall–Kier alpha value is -2.96. The van der Waals surface area contributed by atoms with Gasteiger partial charge in [-0.05, 0) is 48.9 Å². The largest absolute Gasteiger partial charge is 0.478 e. The van der Waals surface area contributed by atoms with Gasteiger partial charge >= 0.3 is 5.97 Å². The first-order valence-electron chi connectivity index (χ1n) is 13.4. The lowest BCUT2D eigenvalue weighted by atomic mass is 10.1. The Balaban J connectivity index is 1.65. The van der Waals surface area contributed by atoms with Crippen LogP contribution in [0.15, 0.2) is 36.9 Å². The molecular formula is C28H41N5O2. The Kier molecular flexibility index (Phi) is 11.0. The SMILES string of the molecule is CCCCCCCCc1cnn(-c2cc(C(=O)O)cc(-n3cc(CCCCCCCC)cn3)n2)c1. The maximum atomic E-state index is 11.8. The van der Waals surface area contributed by atoms with E-state index in [-0.39, 0.29) is 5.56 Å². The summed E-state index contributed by atoms with van der Waals surface area (Å²) in [6.07, 6.45) is 24.6. The van der Waals surface area contributed by atoms with Gasteiger partial charge < -0.3 is 5.11 Å². The van der Waals surface area contributed by atoms with Gasteiger partial charge in [0.15, 0.2) is 11.6 Å². The molecule has 0 fully saturated rings. The van der Waals surface area contributed by atoms with E-state index in [0.29, 0.717) is 11.6 Å². The number of carboxylic acid groups (broad SMARTS) is 1. The Morgan fingerprint density at radius 3 is 1.57 bits per heavy atom. The van der Waals surface area contributed by atoms with Crippen LogP contribution in [0.5, 0.6) is 0 Å². The van der Waals surface area contributed by atoms with Crippen molar-refractivity contribution in [1.82, 2.24) is 24.5 Å². The Labute approximate surface area is 209 Å². The molecule has 1 N–H and O–H groups in total. The monoisotopic (exact) mass is 479 g/mol. The molecule has 190 valence electrons. The fraction of sp³-hybridized carbons (Fsp3) is 0.571. The van der Waals surface area contributed by atoms with Gasteiger partial charge in [0.1, 0.15) is 0 Å². The minimum Gasteiger partial charge on any atom is -0.478 e. The van der Waals surface area contributed by atoms with Gasteiger partial charge in [0.05, 0.1) is 18.0 Å². The third-order valence-corrected chi connectivity index (χ3v) is 6.42. The number of unbranched alkanes of at least 4 members (excludes halogenated alkanes) is 10. The lowest BCUT2D eigenvalue weighted by Crippen LogP contribution is -2.08. The standard InChI is InChI=1S/C28H41N5O2/c1-3-5-7-9-11-13-15-23-19-29-32(21-23)26-17-25(28(34)35)18-27(31-26)33-22-24(20-30-33)16-14-12-10-8-6-4-2/h17-22H,3-16H2,1-2H3,(H,34,35). The van der Waals surface area contributed by atoms with Crippen LogP contribution in [0.2, 0.25) is 0 Å². The molecule has 0 saturated heterocycles. The van der Waals surface area contributed by atoms with E-state index >= 15 is 0 Å². The van der Waals surface area contributed by atoms with Crippen LogP contribution in [0.1, 0.15) is 112 Å². The van der Waals surface area contributed by atoms with Crippen molar-refractivity contribution in [3.05, 3.63) is 53.6 Å². The van der Waals surface area contributed by atoms with E-state index in [2.05, 4.69) is 29.0 Å². The fourth-order valence-corrected chi connectivity index (χ4v) is 4.31. The van der Waals surface area contributed by atoms with Crippen LogP contribution in [0.3, 0.4) is 0 Å². The fourth-order valence-electron chi connectivity index (χ4n) is 4.31. The molecule has 3 aromatic heterocycles. The lowest BCUT2D eigenvalue weighted by molar-refractivity contribution is 0.0696. The summed E-state index contributed by atoms with van der Waals surface area (Å²) in [5.74, 6) is -0.0158. The predicted octanol–water partition coefficient (Wildman–Crippen LogP) is 6.96. The second-order valence-corrected chi connectivity index (χ2v) is 9.50. The molecule has 3 aromatic rings. The molecule has 0 saturated carbocycles. The van der Waals surface area contributed by atoms with Gasteiger partial charge in [-0.25, -0.2) is 19.1 Å². The number of aromatic carboxylic acids is 1. The number of aromatic nitrogens is 5. The first-order chi connectivity index (χ1) is 17.1. The molecule has 0 aromatic carbocycles. The molecule has 0 bridgehead atoms. The second-order valence-electron chi connectivity index (χ2n) is 9.50. The Bertz CT molecular complexity index is 967. The highest BCUT2D eigenvalue weighted by Gasteiger charge is 2.13. The van der Waals surface area contributed by atoms with Crippen molar-refractivity contribution >= 4 is 5.97 Å². The first-order valence-corrected chi connectivity index (χ1v) is 13.4. The van der Waals surface area contributed by atoms with Crippen molar-refractivity contribution in [2.24, 2.45) is 0 Å². The van der Waals surface area contributed by atoms with Crippen molar-refractivity contribution in [2.75, 3.05) is 0 Å². The zero-order chi connectivity index (χ0) is 24.9. The van der Waals surface area contributed by atoms with E-state index in [9.17, 15) is 9.90 Å². The number of hydrogen-bond donors (Lipinski definition) is 1. The summed E-state index contributed by atoms with van der Waals surface area (Å²) in [6.45, 7) is 4.46. The van der Waals surface area contributed by atoms with E-state index in [1.54, 1.807) is 21.5 Å². The van der Waals surface area contributed by atoms with Gasteiger partial charge in [-0.2, -0.15) is 10.2 Å². The summed E-state index contributed by atoms with van der Waals surface area (Å²) in [5, 5.41) is 18.6. The molecule has 7 heteroatoms. The molecular weight excluding hydrogens is 438 g/mol. The van der Waals surface area contributed by atoms with Gasteiger partial charge in [-0.15, -0.1) is 0 Å². The quantitative estimate of drug-likeness (QED) is 0.212. The highest BCUT2D eigenvalue weighted by Crippen LogP contribution is 2.17. The molecule has 3 rings (SSSR count). The molecule has 0 atom stereocenters. The zero-order valence-electron chi connectivity index (χ0n) is 21.5. The van der Waals surface area contributed by atoms with Crippen LogP contribution >= 0.6 is 0 Å². The van der Waals surface area contributed by atoms with Crippen LogP contribution < -0.4 is 0 Å². The summed E-state index contributed by atoms with van der Waals surface area (Å²) < 4.78 is 3.34. The van der Waals surface area contributed by atoms with Crippen LogP contribution in [-0.4, -0.2) is 35.6 Å². The molecule has 0 spiro atoms. The van der Waals surface area contributed by atoms with Crippen LogP contribution in [0.25, 0.3) is 11.6 Å². The summed E-state index contributed by atoms with van der Waals surface area (Å²) in [5.41, 5.74) is 2.46. The maximum Gasteiger partial charge on any atom is 0.335 e. The lowest BCUT2D eigenvalue weighted by Gasteiger charge is -2.07. The number of aryl methyl sites for hydroxylation is 2. The van der Waals surface area contributed by atoms with Gasteiger partial charge in [-0.3, -0.25) is 0 Å². The third-order valence-electron chi connectivity index (χ3n) is 6.42. The van der Waals surface area contributed by atoms with Crippen molar-refractivity contribution in [3.8, 4) is 11.6 Å². The minimum absolute atomic E-state index is 0.172. The topological polar surface area (TPSA) is 85.8 Å². The number of rotatable bonds is 17. The summed E-state index contributed by atoms with van der Waals surface area (Å²) >= 11 is 0. The smallest absolute Gasteiger partial charge is 0.335 e. The van der Waals surface area contributed by atoms with Gasteiger partial charge in [0, 0.05) is 12.4 Å². The van der Waals surface area contributed by atoms with Crippen LogP contribution in [0, 0.1) is 0 Å². The van der Waals surface area contributed by atoms with Crippen LogP contribution in [-0.2, 0) is 12.8 Å². The highest BCUT2D eigenvalue weighted by atomic mass is 16.4. The number of nitrogens with zero attached hydrogens (tertiary/aromatic N) is 5. The molecule has 0 radical (unpaired) electrons. The molecule has 3 heterocycles. The van der Waals surface area contributed by atoms with Crippen LogP contribution in [0.4, 0.5) is 0 Å². The van der Waals surface area contributed by atoms with E-state index in [1.807, 2.05) is 24.8 Å². The van der Waals surface area contributed by atoms with E-state index in [1.165, 1.54) is 64.2 Å². The molecule has 0 aliphatic rings. The average Bonchev–Trinajstić information content (AvgIpc) is 3.53. The maximum absolute atomic E-state index is 11.8. The molecule has 7 nitrogen and oxygen atoms in total.